The second-order valence-electron chi connectivity index (χ2n) is 8.52. The van der Waals surface area contributed by atoms with Gasteiger partial charge in [-0.05, 0) is 54.8 Å². The Kier molecular flexibility index (Phi) is 9.39. The standard InChI is InChI=1S/C28H23Cl3N2O3S2/c1-18-7-11-21(12-8-18)24(34)32-26(28(29,30)31)36-22-13-9-20(10-14-22)17-23-25(35)33(27(37)38-23)16-15-19-5-3-2-4-6-19/h2-14,17,26H,15-16H2,1H3,(H,32,34)/b23-17+/t26-/m0/s1. The first kappa shape index (κ1) is 28.5. The first-order valence-electron chi connectivity index (χ1n) is 11.6. The van der Waals surface area contributed by atoms with Crippen LogP contribution in [-0.4, -0.2) is 37.6 Å². The normalized spacial score (nSPS) is 15.6. The molecule has 1 fully saturated rings. The molecular weight excluding hydrogens is 583 g/mol. The number of rotatable bonds is 8. The van der Waals surface area contributed by atoms with Gasteiger partial charge in [0.25, 0.3) is 11.8 Å². The van der Waals surface area contributed by atoms with Gasteiger partial charge in [-0.15, -0.1) is 0 Å². The number of nitrogens with one attached hydrogen (secondary N) is 1. The van der Waals surface area contributed by atoms with E-state index in [9.17, 15) is 9.59 Å². The number of thiocarbonyl (C=S) groups is 1. The van der Waals surface area contributed by atoms with E-state index in [1.807, 2.05) is 49.4 Å². The zero-order valence-electron chi connectivity index (χ0n) is 20.2. The predicted octanol–water partition coefficient (Wildman–Crippen LogP) is 6.94. The van der Waals surface area contributed by atoms with E-state index in [0.29, 0.717) is 27.1 Å². The average Bonchev–Trinajstić information content (AvgIpc) is 3.15. The highest BCUT2D eigenvalue weighted by atomic mass is 35.6. The van der Waals surface area contributed by atoms with Gasteiger partial charge in [0.1, 0.15) is 10.1 Å². The second-order valence-corrected chi connectivity index (χ2v) is 12.6. The summed E-state index contributed by atoms with van der Waals surface area (Å²) in [5, 5.41) is 2.62. The quantitative estimate of drug-likeness (QED) is 0.130. The molecule has 0 aromatic heterocycles. The molecule has 2 amide bonds. The minimum atomic E-state index is -1.92. The number of amides is 2. The summed E-state index contributed by atoms with van der Waals surface area (Å²) in [6.07, 6.45) is 1.25. The van der Waals surface area contributed by atoms with Crippen molar-refractivity contribution in [3.8, 4) is 5.75 Å². The lowest BCUT2D eigenvalue weighted by atomic mass is 10.1. The molecule has 3 aromatic carbocycles. The third-order valence-electron chi connectivity index (χ3n) is 5.65. The van der Waals surface area contributed by atoms with E-state index in [1.165, 1.54) is 11.8 Å². The molecule has 0 spiro atoms. The molecule has 0 unspecified atom stereocenters. The van der Waals surface area contributed by atoms with Crippen LogP contribution in [0, 0.1) is 6.92 Å². The molecule has 3 aromatic rings. The maximum atomic E-state index is 12.9. The van der Waals surface area contributed by atoms with Crippen molar-refractivity contribution in [1.82, 2.24) is 10.2 Å². The van der Waals surface area contributed by atoms with E-state index in [2.05, 4.69) is 5.32 Å². The van der Waals surface area contributed by atoms with E-state index >= 15 is 0 Å². The Balaban J connectivity index is 1.40. The highest BCUT2D eigenvalue weighted by Gasteiger charge is 2.36. The van der Waals surface area contributed by atoms with E-state index in [-0.39, 0.29) is 5.91 Å². The van der Waals surface area contributed by atoms with E-state index in [0.717, 1.165) is 23.1 Å². The van der Waals surface area contributed by atoms with Crippen molar-refractivity contribution in [3.63, 3.8) is 0 Å². The molecule has 1 N–H and O–H groups in total. The number of aryl methyl sites for hydroxylation is 1. The zero-order valence-corrected chi connectivity index (χ0v) is 24.1. The van der Waals surface area contributed by atoms with Crippen LogP contribution in [0.15, 0.2) is 83.8 Å². The van der Waals surface area contributed by atoms with Crippen LogP contribution in [0.2, 0.25) is 0 Å². The number of hydrogen-bond acceptors (Lipinski definition) is 5. The van der Waals surface area contributed by atoms with Crippen LogP contribution < -0.4 is 10.1 Å². The van der Waals surface area contributed by atoms with Crippen molar-refractivity contribution in [2.75, 3.05) is 6.54 Å². The number of nitrogens with zero attached hydrogens (tertiary/aromatic N) is 1. The van der Waals surface area contributed by atoms with Gasteiger partial charge in [-0.2, -0.15) is 0 Å². The van der Waals surface area contributed by atoms with E-state index in [1.54, 1.807) is 47.4 Å². The van der Waals surface area contributed by atoms with Crippen molar-refractivity contribution in [2.24, 2.45) is 0 Å². The van der Waals surface area contributed by atoms with Crippen molar-refractivity contribution < 1.29 is 14.3 Å². The molecule has 1 aliphatic rings. The topological polar surface area (TPSA) is 58.6 Å². The van der Waals surface area contributed by atoms with Gasteiger partial charge in [0.2, 0.25) is 10.0 Å². The van der Waals surface area contributed by atoms with Gasteiger partial charge >= 0.3 is 0 Å². The molecule has 196 valence electrons. The fourth-order valence-corrected chi connectivity index (χ4v) is 5.20. The summed E-state index contributed by atoms with van der Waals surface area (Å²) < 4.78 is 4.41. The summed E-state index contributed by atoms with van der Waals surface area (Å²) in [7, 11) is 0. The predicted molar refractivity (Wildman–Crippen MR) is 160 cm³/mol. The summed E-state index contributed by atoms with van der Waals surface area (Å²) in [4.78, 5) is 27.7. The number of hydrogen-bond donors (Lipinski definition) is 1. The average molecular weight is 606 g/mol. The van der Waals surface area contributed by atoms with Crippen molar-refractivity contribution in [1.29, 1.82) is 0 Å². The molecule has 10 heteroatoms. The SMILES string of the molecule is Cc1ccc(C(=O)N[C@@H](Oc2ccc(/C=C3/SC(=S)N(CCc4ccccc4)C3=O)cc2)C(Cl)(Cl)Cl)cc1. The Morgan fingerprint density at radius 3 is 2.34 bits per heavy atom. The summed E-state index contributed by atoms with van der Waals surface area (Å²) in [5.41, 5.74) is 3.35. The molecule has 1 atom stereocenters. The van der Waals surface area contributed by atoms with Crippen LogP contribution in [0.1, 0.15) is 27.0 Å². The highest BCUT2D eigenvalue weighted by Crippen LogP contribution is 2.34. The summed E-state index contributed by atoms with van der Waals surface area (Å²) in [5.74, 6) is -0.184. The molecule has 0 radical (unpaired) electrons. The Bertz CT molecular complexity index is 1340. The molecule has 0 bridgehead atoms. The van der Waals surface area contributed by atoms with Gasteiger partial charge in [-0.3, -0.25) is 14.5 Å². The lowest BCUT2D eigenvalue weighted by Gasteiger charge is -2.26. The Morgan fingerprint density at radius 1 is 1.05 bits per heavy atom. The number of alkyl halides is 3. The largest absolute Gasteiger partial charge is 0.466 e. The number of carbonyl (C=O) groups excluding carboxylic acids is 2. The number of thioether (sulfide) groups is 1. The molecule has 1 aliphatic heterocycles. The van der Waals surface area contributed by atoms with Gasteiger partial charge in [-0.25, -0.2) is 0 Å². The van der Waals surface area contributed by atoms with Gasteiger partial charge in [0.15, 0.2) is 0 Å². The fourth-order valence-electron chi connectivity index (χ4n) is 3.59. The van der Waals surface area contributed by atoms with Gasteiger partial charge in [0, 0.05) is 12.1 Å². The lowest BCUT2D eigenvalue weighted by Crippen LogP contribution is -2.47. The number of benzene rings is 3. The van der Waals surface area contributed by atoms with Crippen LogP contribution in [0.3, 0.4) is 0 Å². The van der Waals surface area contributed by atoms with Crippen LogP contribution >= 0.6 is 58.8 Å². The molecule has 0 saturated carbocycles. The summed E-state index contributed by atoms with van der Waals surface area (Å²) >= 11 is 25.0. The van der Waals surface area contributed by atoms with Crippen LogP contribution in [0.25, 0.3) is 6.08 Å². The Morgan fingerprint density at radius 2 is 1.71 bits per heavy atom. The molecule has 1 heterocycles. The van der Waals surface area contributed by atoms with Gasteiger partial charge in [0.05, 0.1) is 4.91 Å². The fraction of sp³-hybridized carbons (Fsp3) is 0.179. The number of carbonyl (C=O) groups is 2. The van der Waals surface area contributed by atoms with Crippen molar-refractivity contribution in [3.05, 3.63) is 106 Å². The Labute approximate surface area is 246 Å². The molecule has 4 rings (SSSR count). The monoisotopic (exact) mass is 604 g/mol. The van der Waals surface area contributed by atoms with Crippen LogP contribution in [0.5, 0.6) is 5.75 Å². The Hall–Kier alpha value is -2.55. The first-order chi connectivity index (χ1) is 18.1. The van der Waals surface area contributed by atoms with Gasteiger partial charge < -0.3 is 10.1 Å². The molecule has 0 aliphatic carbocycles. The van der Waals surface area contributed by atoms with Crippen molar-refractivity contribution in [2.45, 2.75) is 23.4 Å². The van der Waals surface area contributed by atoms with E-state index in [4.69, 9.17) is 51.8 Å². The second kappa shape index (κ2) is 12.5. The third kappa shape index (κ3) is 7.52. The minimum Gasteiger partial charge on any atom is -0.466 e. The minimum absolute atomic E-state index is 0.119. The van der Waals surface area contributed by atoms with Gasteiger partial charge in [-0.1, -0.05) is 119 Å². The molecule has 1 saturated heterocycles. The first-order valence-corrected chi connectivity index (χ1v) is 14.0. The molecule has 38 heavy (non-hydrogen) atoms. The highest BCUT2D eigenvalue weighted by molar-refractivity contribution is 8.26. The summed E-state index contributed by atoms with van der Waals surface area (Å²) in [6.45, 7) is 2.44. The third-order valence-corrected chi connectivity index (χ3v) is 7.62. The van der Waals surface area contributed by atoms with Crippen LogP contribution in [-0.2, 0) is 11.2 Å². The maximum Gasteiger partial charge on any atom is 0.266 e. The van der Waals surface area contributed by atoms with Crippen molar-refractivity contribution >= 4 is 81.0 Å². The number of ether oxygens (including phenoxy) is 1. The van der Waals surface area contributed by atoms with Crippen LogP contribution in [0.4, 0.5) is 0 Å². The molecular formula is C28H23Cl3N2O3S2. The number of halogens is 3. The maximum absolute atomic E-state index is 12.9. The summed E-state index contributed by atoms with van der Waals surface area (Å²) in [6, 6.07) is 23.8. The lowest BCUT2D eigenvalue weighted by molar-refractivity contribution is -0.122. The smallest absolute Gasteiger partial charge is 0.266 e. The zero-order chi connectivity index (χ0) is 27.3. The van der Waals surface area contributed by atoms with E-state index < -0.39 is 15.9 Å². The molecule has 5 nitrogen and oxygen atoms in total.